The summed E-state index contributed by atoms with van der Waals surface area (Å²) in [5, 5.41) is 38.3. The molecule has 1 fully saturated rings. The highest BCUT2D eigenvalue weighted by atomic mass is 16.7. The summed E-state index contributed by atoms with van der Waals surface area (Å²) in [5.41, 5.74) is 0.545. The van der Waals surface area contributed by atoms with Crippen LogP contribution in [-0.4, -0.2) is 63.5 Å². The maximum Gasteiger partial charge on any atom is 0.229 e. The molecule has 0 amide bonds. The van der Waals surface area contributed by atoms with Gasteiger partial charge in [0.1, 0.15) is 30.2 Å². The zero-order chi connectivity index (χ0) is 16.3. The molecule has 0 spiro atoms. The summed E-state index contributed by atoms with van der Waals surface area (Å²) < 4.78 is 10.7. The predicted octanol–water partition coefficient (Wildman–Crippen LogP) is -0.542. The summed E-state index contributed by atoms with van der Waals surface area (Å²) in [4.78, 5) is 11.5. The molecule has 0 radical (unpaired) electrons. The predicted molar refractivity (Wildman–Crippen MR) is 75.5 cm³/mol. The van der Waals surface area contributed by atoms with E-state index in [0.29, 0.717) is 17.7 Å². The quantitative estimate of drug-likeness (QED) is 0.539. The molecule has 0 aliphatic carbocycles. The van der Waals surface area contributed by atoms with Crippen molar-refractivity contribution in [3.05, 3.63) is 29.8 Å². The van der Waals surface area contributed by atoms with Gasteiger partial charge in [0.05, 0.1) is 6.61 Å². The third-order valence-electron chi connectivity index (χ3n) is 3.60. The number of aliphatic hydroxyl groups is 4. The zero-order valence-corrected chi connectivity index (χ0v) is 12.1. The fourth-order valence-electron chi connectivity index (χ4n) is 2.22. The van der Waals surface area contributed by atoms with Crippen molar-refractivity contribution in [2.75, 3.05) is 6.61 Å². The molecule has 0 bridgehead atoms. The van der Waals surface area contributed by atoms with E-state index in [1.54, 1.807) is 31.2 Å². The number of carbonyl (C=O) groups is 1. The fourth-order valence-corrected chi connectivity index (χ4v) is 2.22. The number of hydrogen-bond acceptors (Lipinski definition) is 7. The van der Waals surface area contributed by atoms with Crippen LogP contribution in [-0.2, 0) is 4.74 Å². The number of hydrogen-bond donors (Lipinski definition) is 4. The van der Waals surface area contributed by atoms with Crippen LogP contribution in [0.3, 0.4) is 0 Å². The van der Waals surface area contributed by atoms with E-state index in [0.717, 1.165) is 0 Å². The molecule has 0 unspecified atom stereocenters. The molecule has 1 aliphatic heterocycles. The van der Waals surface area contributed by atoms with Crippen molar-refractivity contribution in [1.29, 1.82) is 0 Å². The second-order valence-corrected chi connectivity index (χ2v) is 5.12. The van der Waals surface area contributed by atoms with Crippen LogP contribution in [0.1, 0.15) is 23.7 Å². The average molecular weight is 312 g/mol. The Hall–Kier alpha value is -1.51. The van der Waals surface area contributed by atoms with Crippen LogP contribution in [0, 0.1) is 0 Å². The lowest BCUT2D eigenvalue weighted by atomic mass is 9.99. The molecule has 122 valence electrons. The highest BCUT2D eigenvalue weighted by Crippen LogP contribution is 2.24. The van der Waals surface area contributed by atoms with E-state index >= 15 is 0 Å². The van der Waals surface area contributed by atoms with Crippen LogP contribution >= 0.6 is 0 Å². The maximum atomic E-state index is 11.5. The van der Waals surface area contributed by atoms with Gasteiger partial charge >= 0.3 is 0 Å². The van der Waals surface area contributed by atoms with Crippen molar-refractivity contribution < 1.29 is 34.7 Å². The number of ether oxygens (including phenoxy) is 2. The normalized spacial score (nSPS) is 31.8. The van der Waals surface area contributed by atoms with Gasteiger partial charge in [0, 0.05) is 12.0 Å². The molecule has 1 aromatic rings. The second kappa shape index (κ2) is 7.17. The van der Waals surface area contributed by atoms with Gasteiger partial charge in [0.25, 0.3) is 0 Å². The largest absolute Gasteiger partial charge is 0.462 e. The van der Waals surface area contributed by atoms with E-state index < -0.39 is 37.3 Å². The highest BCUT2D eigenvalue weighted by molar-refractivity contribution is 5.95. The Morgan fingerprint density at radius 2 is 1.77 bits per heavy atom. The summed E-state index contributed by atoms with van der Waals surface area (Å²) in [6.07, 6.45) is -6.24. The van der Waals surface area contributed by atoms with E-state index in [-0.39, 0.29) is 5.78 Å². The van der Waals surface area contributed by atoms with Crippen LogP contribution in [0.15, 0.2) is 24.3 Å². The third-order valence-corrected chi connectivity index (χ3v) is 3.60. The molecule has 5 atom stereocenters. The first-order chi connectivity index (χ1) is 10.5. The maximum absolute atomic E-state index is 11.5. The molecule has 7 heteroatoms. The lowest BCUT2D eigenvalue weighted by Gasteiger charge is -2.39. The lowest BCUT2D eigenvalue weighted by Crippen LogP contribution is -2.60. The van der Waals surface area contributed by atoms with Crippen LogP contribution in [0.25, 0.3) is 0 Å². The zero-order valence-electron chi connectivity index (χ0n) is 12.1. The van der Waals surface area contributed by atoms with Crippen molar-refractivity contribution in [2.45, 2.75) is 44.1 Å². The number of aliphatic hydroxyl groups excluding tert-OH is 4. The minimum atomic E-state index is -1.49. The first kappa shape index (κ1) is 16.9. The Kier molecular flexibility index (Phi) is 5.49. The van der Waals surface area contributed by atoms with Gasteiger partial charge < -0.3 is 29.9 Å². The number of benzene rings is 1. The summed E-state index contributed by atoms with van der Waals surface area (Å²) in [5.74, 6) is 0.330. The van der Waals surface area contributed by atoms with E-state index in [2.05, 4.69) is 0 Å². The van der Waals surface area contributed by atoms with Gasteiger partial charge in [0.15, 0.2) is 5.78 Å². The summed E-state index contributed by atoms with van der Waals surface area (Å²) in [7, 11) is 0. The molecule has 7 nitrogen and oxygen atoms in total. The van der Waals surface area contributed by atoms with Crippen LogP contribution in [0.2, 0.25) is 0 Å². The smallest absolute Gasteiger partial charge is 0.229 e. The molecule has 4 N–H and O–H groups in total. The number of carbonyl (C=O) groups excluding carboxylic acids is 1. The first-order valence-corrected chi connectivity index (χ1v) is 7.08. The Morgan fingerprint density at radius 3 is 2.32 bits per heavy atom. The monoisotopic (exact) mass is 312 g/mol. The van der Waals surface area contributed by atoms with Crippen molar-refractivity contribution in [3.63, 3.8) is 0 Å². The van der Waals surface area contributed by atoms with Gasteiger partial charge in [-0.1, -0.05) is 6.92 Å². The third kappa shape index (κ3) is 3.45. The SMILES string of the molecule is CCC(=O)c1ccc(O[C@@H]2O[C@H](CO)[C@@H](O)[C@@H](O)[C@H]2O)cc1. The van der Waals surface area contributed by atoms with Gasteiger partial charge in [-0.25, -0.2) is 0 Å². The van der Waals surface area contributed by atoms with Gasteiger partial charge in [0.2, 0.25) is 6.29 Å². The topological polar surface area (TPSA) is 116 Å². The van der Waals surface area contributed by atoms with Gasteiger partial charge in [-0.15, -0.1) is 0 Å². The van der Waals surface area contributed by atoms with E-state index in [1.165, 1.54) is 0 Å². The van der Waals surface area contributed by atoms with Crippen molar-refractivity contribution in [3.8, 4) is 5.75 Å². The Bertz CT molecular complexity index is 499. The second-order valence-electron chi connectivity index (χ2n) is 5.12. The molecular weight excluding hydrogens is 292 g/mol. The average Bonchev–Trinajstić information content (AvgIpc) is 2.55. The minimum absolute atomic E-state index is 0.000565. The standard InChI is InChI=1S/C15H20O7/c1-2-10(17)8-3-5-9(6-4-8)21-15-14(20)13(19)12(18)11(7-16)22-15/h3-6,11-16,18-20H,2,7H2,1H3/t11-,12-,13-,14-,15-/m1/s1. The van der Waals surface area contributed by atoms with Gasteiger partial charge in [-0.05, 0) is 24.3 Å². The molecule has 0 saturated carbocycles. The number of Topliss-reactive ketones (excluding diaryl/α,β-unsaturated/α-hetero) is 1. The molecule has 0 aromatic heterocycles. The van der Waals surface area contributed by atoms with E-state index in [9.17, 15) is 20.1 Å². The molecule has 1 saturated heterocycles. The van der Waals surface area contributed by atoms with Crippen molar-refractivity contribution in [1.82, 2.24) is 0 Å². The molecule has 1 aliphatic rings. The minimum Gasteiger partial charge on any atom is -0.462 e. The summed E-state index contributed by atoms with van der Waals surface area (Å²) in [6.45, 7) is 1.25. The van der Waals surface area contributed by atoms with Gasteiger partial charge in [-0.3, -0.25) is 4.79 Å². The molecule has 1 aromatic carbocycles. The Labute approximate surface area is 127 Å². The summed E-state index contributed by atoms with van der Waals surface area (Å²) in [6, 6.07) is 6.27. The van der Waals surface area contributed by atoms with Crippen LogP contribution < -0.4 is 4.74 Å². The van der Waals surface area contributed by atoms with Crippen LogP contribution in [0.4, 0.5) is 0 Å². The van der Waals surface area contributed by atoms with Crippen LogP contribution in [0.5, 0.6) is 5.75 Å². The van der Waals surface area contributed by atoms with Gasteiger partial charge in [-0.2, -0.15) is 0 Å². The Balaban J connectivity index is 2.07. The van der Waals surface area contributed by atoms with E-state index in [4.69, 9.17) is 14.6 Å². The van der Waals surface area contributed by atoms with Crippen molar-refractivity contribution in [2.24, 2.45) is 0 Å². The molecule has 1 heterocycles. The van der Waals surface area contributed by atoms with Crippen molar-refractivity contribution >= 4 is 5.78 Å². The molecule has 2 rings (SSSR count). The lowest BCUT2D eigenvalue weighted by molar-refractivity contribution is -0.277. The van der Waals surface area contributed by atoms with E-state index in [1.807, 2.05) is 0 Å². The Morgan fingerprint density at radius 1 is 1.14 bits per heavy atom. The number of ketones is 1. The molecule has 22 heavy (non-hydrogen) atoms. The fraction of sp³-hybridized carbons (Fsp3) is 0.533. The molecular formula is C15H20O7. The number of rotatable bonds is 5. The summed E-state index contributed by atoms with van der Waals surface area (Å²) >= 11 is 0. The highest BCUT2D eigenvalue weighted by Gasteiger charge is 2.44. The first-order valence-electron chi connectivity index (χ1n) is 7.08.